The van der Waals surface area contributed by atoms with E-state index in [-0.39, 0.29) is 18.4 Å². The molecule has 5 heteroatoms. The monoisotopic (exact) mass is 271 g/mol. The van der Waals surface area contributed by atoms with Crippen LogP contribution in [0.25, 0.3) is 5.69 Å². The number of para-hydroxylation sites is 1. The highest BCUT2D eigenvalue weighted by molar-refractivity contribution is 5.79. The molecule has 5 nitrogen and oxygen atoms in total. The molecule has 104 valence electrons. The maximum absolute atomic E-state index is 11.9. The first-order valence-electron chi connectivity index (χ1n) is 6.73. The highest BCUT2D eigenvalue weighted by Gasteiger charge is 2.32. The summed E-state index contributed by atoms with van der Waals surface area (Å²) in [6.45, 7) is 2.38. The van der Waals surface area contributed by atoms with Crippen LogP contribution >= 0.6 is 0 Å². The van der Waals surface area contributed by atoms with Crippen LogP contribution in [0.5, 0.6) is 0 Å². The summed E-state index contributed by atoms with van der Waals surface area (Å²) in [4.78, 5) is 13.7. The topological polar surface area (TPSA) is 58.4 Å². The molecule has 2 heterocycles. The predicted molar refractivity (Wildman–Crippen MR) is 74.3 cm³/mol. The van der Waals surface area contributed by atoms with E-state index < -0.39 is 6.10 Å². The van der Waals surface area contributed by atoms with Crippen molar-refractivity contribution in [3.05, 3.63) is 48.3 Å². The molecule has 3 rings (SSSR count). The summed E-state index contributed by atoms with van der Waals surface area (Å²) >= 11 is 0. The first-order valence-corrected chi connectivity index (χ1v) is 6.73. The Hall–Kier alpha value is -2.14. The van der Waals surface area contributed by atoms with Crippen molar-refractivity contribution in [2.24, 2.45) is 0 Å². The molecule has 1 aromatic heterocycles. The average Bonchev–Trinajstić information content (AvgIpc) is 3.07. The quantitative estimate of drug-likeness (QED) is 0.921. The van der Waals surface area contributed by atoms with Gasteiger partial charge in [-0.1, -0.05) is 18.2 Å². The smallest absolute Gasteiger partial charge is 0.225 e. The Morgan fingerprint density at radius 1 is 1.35 bits per heavy atom. The van der Waals surface area contributed by atoms with E-state index in [4.69, 9.17) is 0 Å². The summed E-state index contributed by atoms with van der Waals surface area (Å²) in [6.07, 6.45) is 3.27. The Morgan fingerprint density at radius 3 is 2.80 bits per heavy atom. The Balaban J connectivity index is 1.96. The molecule has 1 aromatic carbocycles. The van der Waals surface area contributed by atoms with Crippen LogP contribution in [0.2, 0.25) is 0 Å². The van der Waals surface area contributed by atoms with Gasteiger partial charge in [-0.15, -0.1) is 0 Å². The van der Waals surface area contributed by atoms with Gasteiger partial charge in [-0.2, -0.15) is 5.10 Å². The summed E-state index contributed by atoms with van der Waals surface area (Å²) in [6, 6.07) is 9.67. The number of aromatic nitrogens is 2. The molecule has 1 aliphatic heterocycles. The number of β-amino-alcohol motifs (C(OH)–C–C–N with tert-alkyl or cyclic N) is 1. The zero-order chi connectivity index (χ0) is 14.1. The molecule has 0 spiro atoms. The number of aliphatic hydroxyl groups excluding tert-OH is 1. The van der Waals surface area contributed by atoms with Gasteiger partial charge in [0.15, 0.2) is 0 Å². The van der Waals surface area contributed by atoms with Crippen molar-refractivity contribution in [2.45, 2.75) is 25.5 Å². The fraction of sp³-hybridized carbons (Fsp3) is 0.333. The molecule has 0 bridgehead atoms. The van der Waals surface area contributed by atoms with Crippen molar-refractivity contribution in [3.63, 3.8) is 0 Å². The second-order valence-corrected chi connectivity index (χ2v) is 5.09. The number of likely N-dealkylation sites (tertiary alicyclic amines) is 1. The molecule has 1 aliphatic rings. The van der Waals surface area contributed by atoms with Crippen molar-refractivity contribution in [1.82, 2.24) is 14.7 Å². The number of aliphatic hydroxyl groups is 1. The Labute approximate surface area is 117 Å². The van der Waals surface area contributed by atoms with Crippen LogP contribution in [-0.2, 0) is 4.79 Å². The Morgan fingerprint density at radius 2 is 2.15 bits per heavy atom. The number of carbonyl (C=O) groups excluding carboxylic acids is 1. The minimum atomic E-state index is -0.554. The summed E-state index contributed by atoms with van der Waals surface area (Å²) in [5, 5.41) is 13.9. The summed E-state index contributed by atoms with van der Waals surface area (Å²) in [7, 11) is 0. The lowest BCUT2D eigenvalue weighted by Crippen LogP contribution is -2.29. The number of nitrogens with zero attached hydrogens (tertiary/aromatic N) is 3. The molecule has 0 aliphatic carbocycles. The van der Waals surface area contributed by atoms with Gasteiger partial charge in [-0.25, -0.2) is 4.68 Å². The largest absolute Gasteiger partial charge is 0.391 e. The summed E-state index contributed by atoms with van der Waals surface area (Å²) in [5.74, 6) is 0.000248. The van der Waals surface area contributed by atoms with Gasteiger partial charge in [0.2, 0.25) is 5.91 Å². The summed E-state index contributed by atoms with van der Waals surface area (Å²) in [5.41, 5.74) is 1.98. The third-order valence-electron chi connectivity index (χ3n) is 3.74. The zero-order valence-electron chi connectivity index (χ0n) is 11.3. The molecule has 1 saturated heterocycles. The van der Waals surface area contributed by atoms with Gasteiger partial charge in [0.05, 0.1) is 24.3 Å². The first kappa shape index (κ1) is 12.9. The lowest BCUT2D eigenvalue weighted by Gasteiger charge is -2.26. The number of hydrogen-bond acceptors (Lipinski definition) is 3. The zero-order valence-corrected chi connectivity index (χ0v) is 11.3. The molecular formula is C15H17N3O2. The Bertz CT molecular complexity index is 609. The molecule has 0 radical (unpaired) electrons. The third-order valence-corrected chi connectivity index (χ3v) is 3.74. The highest BCUT2D eigenvalue weighted by Crippen LogP contribution is 2.29. The molecular weight excluding hydrogens is 254 g/mol. The lowest BCUT2D eigenvalue weighted by atomic mass is 10.0. The second-order valence-electron chi connectivity index (χ2n) is 5.09. The number of benzene rings is 1. The van der Waals surface area contributed by atoms with Gasteiger partial charge in [-0.3, -0.25) is 4.79 Å². The number of hydrogen-bond donors (Lipinski definition) is 1. The molecule has 2 aromatic rings. The lowest BCUT2D eigenvalue weighted by molar-refractivity contribution is -0.129. The fourth-order valence-corrected chi connectivity index (χ4v) is 2.71. The molecule has 20 heavy (non-hydrogen) atoms. The van der Waals surface area contributed by atoms with Crippen molar-refractivity contribution < 1.29 is 9.90 Å². The van der Waals surface area contributed by atoms with Gasteiger partial charge >= 0.3 is 0 Å². The molecule has 2 atom stereocenters. The van der Waals surface area contributed by atoms with Crippen LogP contribution in [0.4, 0.5) is 0 Å². The highest BCUT2D eigenvalue weighted by atomic mass is 16.3. The molecule has 0 saturated carbocycles. The van der Waals surface area contributed by atoms with Crippen LogP contribution in [0, 0.1) is 0 Å². The predicted octanol–water partition coefficient (Wildman–Crippen LogP) is 1.53. The van der Waals surface area contributed by atoms with Crippen LogP contribution in [-0.4, -0.2) is 38.3 Å². The average molecular weight is 271 g/mol. The van der Waals surface area contributed by atoms with Crippen molar-refractivity contribution in [1.29, 1.82) is 0 Å². The van der Waals surface area contributed by atoms with E-state index in [1.807, 2.05) is 43.5 Å². The van der Waals surface area contributed by atoms with E-state index in [1.165, 1.54) is 0 Å². The van der Waals surface area contributed by atoms with Crippen LogP contribution < -0.4 is 0 Å². The standard InChI is InChI=1S/C15H17N3O2/c1-11(17-10-12(19)9-15(17)20)13-5-2-3-6-14(13)18-8-4-7-16-18/h2-8,11-12,19H,9-10H2,1H3. The maximum Gasteiger partial charge on any atom is 0.225 e. The van der Waals surface area contributed by atoms with Gasteiger partial charge in [0.1, 0.15) is 0 Å². The third kappa shape index (κ3) is 2.20. The van der Waals surface area contributed by atoms with E-state index in [1.54, 1.807) is 15.8 Å². The van der Waals surface area contributed by atoms with Gasteiger partial charge in [0.25, 0.3) is 0 Å². The molecule has 2 unspecified atom stereocenters. The number of rotatable bonds is 3. The van der Waals surface area contributed by atoms with E-state index in [9.17, 15) is 9.90 Å². The second kappa shape index (κ2) is 5.09. The SMILES string of the molecule is CC(c1ccccc1-n1cccn1)N1CC(O)CC1=O. The molecule has 1 N–H and O–H groups in total. The normalized spacial score (nSPS) is 20.4. The van der Waals surface area contributed by atoms with E-state index >= 15 is 0 Å². The van der Waals surface area contributed by atoms with Gasteiger partial charge < -0.3 is 10.0 Å². The van der Waals surface area contributed by atoms with Crippen LogP contribution in [0.3, 0.4) is 0 Å². The van der Waals surface area contributed by atoms with Gasteiger partial charge in [0, 0.05) is 24.5 Å². The van der Waals surface area contributed by atoms with Gasteiger partial charge in [-0.05, 0) is 19.1 Å². The van der Waals surface area contributed by atoms with Crippen molar-refractivity contribution >= 4 is 5.91 Å². The number of carbonyl (C=O) groups is 1. The van der Waals surface area contributed by atoms with Crippen molar-refractivity contribution in [3.8, 4) is 5.69 Å². The summed E-state index contributed by atoms with van der Waals surface area (Å²) < 4.78 is 1.79. The van der Waals surface area contributed by atoms with E-state index in [0.717, 1.165) is 11.3 Å². The number of amides is 1. The minimum absolute atomic E-state index is 0.000248. The van der Waals surface area contributed by atoms with E-state index in [2.05, 4.69) is 5.10 Å². The molecule has 1 amide bonds. The first-order chi connectivity index (χ1) is 9.66. The Kier molecular flexibility index (Phi) is 3.28. The van der Waals surface area contributed by atoms with Crippen LogP contribution in [0.1, 0.15) is 24.9 Å². The van der Waals surface area contributed by atoms with Crippen LogP contribution in [0.15, 0.2) is 42.7 Å². The maximum atomic E-state index is 11.9. The minimum Gasteiger partial charge on any atom is -0.391 e. The van der Waals surface area contributed by atoms with Crippen molar-refractivity contribution in [2.75, 3.05) is 6.54 Å². The fourth-order valence-electron chi connectivity index (χ4n) is 2.71. The molecule has 1 fully saturated rings. The van der Waals surface area contributed by atoms with E-state index in [0.29, 0.717) is 6.54 Å².